The molecule has 1 aliphatic carbocycles. The molecular formula is C24H28ClN3O4. The van der Waals surface area contributed by atoms with Gasteiger partial charge in [0.05, 0.1) is 5.38 Å². The fraction of sp³-hybridized carbons (Fsp3) is 0.542. The molecule has 0 spiro atoms. The Kier molecular flexibility index (Phi) is 5.72. The fourth-order valence-electron chi connectivity index (χ4n) is 5.42. The topological polar surface area (TPSA) is 91.5 Å². The normalized spacial score (nSPS) is 31.0. The number of rotatable bonds is 4. The van der Waals surface area contributed by atoms with Crippen LogP contribution in [0.5, 0.6) is 0 Å². The fourth-order valence-corrected chi connectivity index (χ4v) is 5.78. The van der Waals surface area contributed by atoms with Gasteiger partial charge in [-0.15, -0.1) is 11.6 Å². The first-order chi connectivity index (χ1) is 15.4. The van der Waals surface area contributed by atoms with Gasteiger partial charge in [0.15, 0.2) is 5.78 Å². The second-order valence-electron chi connectivity index (χ2n) is 9.44. The molecule has 170 valence electrons. The van der Waals surface area contributed by atoms with Gasteiger partial charge in [-0.2, -0.15) is 0 Å². The van der Waals surface area contributed by atoms with E-state index < -0.39 is 23.6 Å². The van der Waals surface area contributed by atoms with Gasteiger partial charge in [-0.05, 0) is 48.9 Å². The first-order valence-corrected chi connectivity index (χ1v) is 11.8. The molecule has 3 aliphatic rings. The van der Waals surface area contributed by atoms with Crippen molar-refractivity contribution < 1.29 is 19.1 Å². The first kappa shape index (κ1) is 21.5. The number of aromatic nitrogens is 1. The lowest BCUT2D eigenvalue weighted by molar-refractivity contribution is -0.139. The summed E-state index contributed by atoms with van der Waals surface area (Å²) in [6.45, 7) is 2.46. The zero-order chi connectivity index (χ0) is 22.4. The van der Waals surface area contributed by atoms with Crippen LogP contribution in [0.1, 0.15) is 43.0 Å². The van der Waals surface area contributed by atoms with Gasteiger partial charge < -0.3 is 19.9 Å². The van der Waals surface area contributed by atoms with Crippen LogP contribution in [0.4, 0.5) is 0 Å². The maximum absolute atomic E-state index is 13.7. The number of ether oxygens (including phenoxy) is 1. The summed E-state index contributed by atoms with van der Waals surface area (Å²) in [6, 6.07) is 6.01. The van der Waals surface area contributed by atoms with E-state index >= 15 is 0 Å². The molecule has 3 fully saturated rings. The van der Waals surface area contributed by atoms with Gasteiger partial charge in [-0.25, -0.2) is 0 Å². The average molecular weight is 458 g/mol. The largest absolute Gasteiger partial charge is 0.366 e. The summed E-state index contributed by atoms with van der Waals surface area (Å²) in [7, 11) is 0. The first-order valence-electron chi connectivity index (χ1n) is 11.4. The predicted molar refractivity (Wildman–Crippen MR) is 121 cm³/mol. The van der Waals surface area contributed by atoms with Crippen LogP contribution in [0.15, 0.2) is 30.5 Å². The third-order valence-electron chi connectivity index (χ3n) is 7.31. The number of nitrogens with zero attached hydrogens (tertiary/aromatic N) is 1. The van der Waals surface area contributed by atoms with E-state index in [-0.39, 0.29) is 36.7 Å². The summed E-state index contributed by atoms with van der Waals surface area (Å²) >= 11 is 6.41. The highest BCUT2D eigenvalue weighted by molar-refractivity contribution is 6.22. The number of amides is 2. The van der Waals surface area contributed by atoms with E-state index in [1.165, 1.54) is 0 Å². The van der Waals surface area contributed by atoms with Crippen molar-refractivity contribution in [2.45, 2.75) is 56.2 Å². The maximum atomic E-state index is 13.7. The van der Waals surface area contributed by atoms with Crippen LogP contribution < -0.4 is 5.32 Å². The van der Waals surface area contributed by atoms with E-state index in [9.17, 15) is 14.4 Å². The number of H-pyrrole nitrogens is 1. The molecule has 1 aromatic heterocycles. The summed E-state index contributed by atoms with van der Waals surface area (Å²) in [4.78, 5) is 44.0. The molecule has 2 saturated heterocycles. The van der Waals surface area contributed by atoms with Crippen LogP contribution in [0.25, 0.3) is 10.9 Å². The molecule has 2 N–H and O–H groups in total. The highest BCUT2D eigenvalue weighted by atomic mass is 35.5. The van der Waals surface area contributed by atoms with E-state index in [1.807, 2.05) is 24.4 Å². The zero-order valence-electron chi connectivity index (χ0n) is 18.1. The lowest BCUT2D eigenvalue weighted by atomic mass is 9.78. The molecular weight excluding hydrogens is 430 g/mol. The van der Waals surface area contributed by atoms with Crippen molar-refractivity contribution in [3.05, 3.63) is 36.0 Å². The molecule has 4 atom stereocenters. The number of hydrogen-bond acceptors (Lipinski definition) is 4. The Morgan fingerprint density at radius 3 is 2.78 bits per heavy atom. The lowest BCUT2D eigenvalue weighted by Crippen LogP contribution is -2.55. The predicted octanol–water partition coefficient (Wildman–Crippen LogP) is 2.88. The second kappa shape index (κ2) is 8.52. The standard InChI is InChI=1S/C24H28ClN3O4/c1-13-2-4-14(5-3-13)20(24(31)28-11-17(25)22-21(28)19(29)12-32-22)27-23(30)16-6-7-18-15(10-16)8-9-26-18/h6-10,13-14,17,20-22,26H,2-5,11-12H2,1H3,(H,27,30)/t13?,14?,17-,20-,21+,22+/m0/s1. The minimum Gasteiger partial charge on any atom is -0.366 e. The Morgan fingerprint density at radius 1 is 1.22 bits per heavy atom. The lowest BCUT2D eigenvalue weighted by Gasteiger charge is -2.35. The number of fused-ring (bicyclic) bond motifs is 2. The van der Waals surface area contributed by atoms with Crippen molar-refractivity contribution in [1.29, 1.82) is 0 Å². The van der Waals surface area contributed by atoms with Gasteiger partial charge in [0.25, 0.3) is 5.91 Å². The maximum Gasteiger partial charge on any atom is 0.251 e. The SMILES string of the molecule is CC1CCC([C@H](NC(=O)c2ccc3[nH]ccc3c2)C(=O)N2C[C@H](Cl)[C@H]3OCC(=O)[C@H]32)CC1. The van der Waals surface area contributed by atoms with Crippen LogP contribution in [-0.2, 0) is 14.3 Å². The number of carbonyl (C=O) groups excluding carboxylic acids is 3. The number of halogens is 1. The van der Waals surface area contributed by atoms with Crippen molar-refractivity contribution in [1.82, 2.24) is 15.2 Å². The minimum absolute atomic E-state index is 0.0169. The molecule has 8 heteroatoms. The van der Waals surface area contributed by atoms with Crippen LogP contribution in [0, 0.1) is 11.8 Å². The van der Waals surface area contributed by atoms with Crippen molar-refractivity contribution >= 4 is 40.1 Å². The van der Waals surface area contributed by atoms with Crippen LogP contribution >= 0.6 is 11.6 Å². The number of alkyl halides is 1. The van der Waals surface area contributed by atoms with E-state index in [4.69, 9.17) is 16.3 Å². The molecule has 0 radical (unpaired) electrons. The molecule has 5 rings (SSSR count). The second-order valence-corrected chi connectivity index (χ2v) is 10.0. The Bertz CT molecular complexity index is 1040. The summed E-state index contributed by atoms with van der Waals surface area (Å²) in [5.41, 5.74) is 1.46. The Balaban J connectivity index is 1.40. The number of likely N-dealkylation sites (tertiary alicyclic amines) is 1. The van der Waals surface area contributed by atoms with Crippen LogP contribution in [0.2, 0.25) is 0 Å². The van der Waals surface area contributed by atoms with Crippen molar-refractivity contribution in [2.24, 2.45) is 11.8 Å². The molecule has 0 unspecified atom stereocenters. The number of nitrogens with one attached hydrogen (secondary N) is 2. The van der Waals surface area contributed by atoms with Gasteiger partial charge in [0, 0.05) is 29.2 Å². The van der Waals surface area contributed by atoms with E-state index in [2.05, 4.69) is 17.2 Å². The Morgan fingerprint density at radius 2 is 2.00 bits per heavy atom. The van der Waals surface area contributed by atoms with Gasteiger partial charge in [0.1, 0.15) is 24.8 Å². The minimum atomic E-state index is -0.687. The highest BCUT2D eigenvalue weighted by Gasteiger charge is 2.53. The number of ketones is 1. The summed E-state index contributed by atoms with van der Waals surface area (Å²) in [5, 5.41) is 3.54. The molecule has 2 amide bonds. The monoisotopic (exact) mass is 457 g/mol. The molecule has 2 aromatic rings. The van der Waals surface area contributed by atoms with Gasteiger partial charge >= 0.3 is 0 Å². The Hall–Kier alpha value is -2.38. The summed E-state index contributed by atoms with van der Waals surface area (Å²) < 4.78 is 5.54. The van der Waals surface area contributed by atoms with E-state index in [0.29, 0.717) is 11.5 Å². The Labute approximate surface area is 191 Å². The average Bonchev–Trinajstić information content (AvgIpc) is 3.49. The molecule has 3 heterocycles. The van der Waals surface area contributed by atoms with Gasteiger partial charge in [-0.1, -0.05) is 19.8 Å². The molecule has 2 aliphatic heterocycles. The van der Waals surface area contributed by atoms with Gasteiger partial charge in [0.2, 0.25) is 5.91 Å². The number of benzene rings is 1. The number of carbonyl (C=O) groups is 3. The van der Waals surface area contributed by atoms with Crippen molar-refractivity contribution in [3.63, 3.8) is 0 Å². The van der Waals surface area contributed by atoms with Crippen molar-refractivity contribution in [3.8, 4) is 0 Å². The molecule has 1 saturated carbocycles. The third-order valence-corrected chi connectivity index (χ3v) is 7.69. The molecule has 0 bridgehead atoms. The number of hydrogen-bond donors (Lipinski definition) is 2. The third kappa shape index (κ3) is 3.82. The van der Waals surface area contributed by atoms with Crippen molar-refractivity contribution in [2.75, 3.05) is 13.2 Å². The molecule has 32 heavy (non-hydrogen) atoms. The van der Waals surface area contributed by atoms with E-state index in [0.717, 1.165) is 36.6 Å². The summed E-state index contributed by atoms with van der Waals surface area (Å²) in [5.74, 6) is 0.0207. The van der Waals surface area contributed by atoms with Crippen LogP contribution in [-0.4, -0.2) is 64.2 Å². The quantitative estimate of drug-likeness (QED) is 0.690. The molecule has 7 nitrogen and oxygen atoms in total. The zero-order valence-corrected chi connectivity index (χ0v) is 18.8. The van der Waals surface area contributed by atoms with Crippen LogP contribution in [0.3, 0.4) is 0 Å². The van der Waals surface area contributed by atoms with E-state index in [1.54, 1.807) is 11.0 Å². The van der Waals surface area contributed by atoms with Gasteiger partial charge in [-0.3, -0.25) is 14.4 Å². The number of aromatic amines is 1. The highest BCUT2D eigenvalue weighted by Crippen LogP contribution is 2.35. The summed E-state index contributed by atoms with van der Waals surface area (Å²) in [6.07, 6.45) is 5.13. The number of Topliss-reactive ketones (excluding diaryl/α,β-unsaturated/α-hetero) is 1. The smallest absolute Gasteiger partial charge is 0.251 e. The molecule has 1 aromatic carbocycles.